The molecule has 0 atom stereocenters. The Morgan fingerprint density at radius 3 is 1.79 bits per heavy atom. The predicted octanol–water partition coefficient (Wildman–Crippen LogP) is 10.00. The topological polar surface area (TPSA) is 0 Å². The molecule has 0 saturated heterocycles. The van der Waals surface area contributed by atoms with Gasteiger partial charge in [-0.25, -0.2) is 0 Å². The molecule has 2 aromatic carbocycles. The molecule has 3 rings (SSSR count). The largest absolute Gasteiger partial charge is 0.0871 e. The quantitative estimate of drug-likeness (QED) is 0.221. The molecular formula is C34H46. The lowest BCUT2D eigenvalue weighted by molar-refractivity contribution is 0.248. The van der Waals surface area contributed by atoms with Crippen LogP contribution in [-0.4, -0.2) is 0 Å². The van der Waals surface area contributed by atoms with Gasteiger partial charge in [0.25, 0.3) is 0 Å². The lowest BCUT2D eigenvalue weighted by atomic mass is 9.77. The van der Waals surface area contributed by atoms with Crippen molar-refractivity contribution in [3.8, 4) is 11.8 Å². The first-order valence-electron chi connectivity index (χ1n) is 14.1. The molecule has 1 fully saturated rings. The van der Waals surface area contributed by atoms with Gasteiger partial charge in [0.05, 0.1) is 0 Å². The summed E-state index contributed by atoms with van der Waals surface area (Å²) in [5.41, 5.74) is 4.86. The Hall–Kier alpha value is -2.26. The number of hydrogen-bond acceptors (Lipinski definition) is 0. The van der Waals surface area contributed by atoms with Crippen LogP contribution in [0.15, 0.2) is 54.6 Å². The molecule has 0 unspecified atom stereocenters. The first kappa shape index (κ1) is 26.3. The predicted molar refractivity (Wildman–Crippen MR) is 150 cm³/mol. The SMILES string of the molecule is C/C=C/c1ccc(C#Cc2ccc(CCC3CCC(CCCCCCCCC)CC3)cc2)cc1. The van der Waals surface area contributed by atoms with E-state index in [1.807, 2.05) is 6.92 Å². The highest BCUT2D eigenvalue weighted by molar-refractivity contribution is 5.52. The van der Waals surface area contributed by atoms with Crippen molar-refractivity contribution in [2.45, 2.75) is 104 Å². The van der Waals surface area contributed by atoms with E-state index < -0.39 is 0 Å². The third kappa shape index (κ3) is 9.93. The molecule has 1 saturated carbocycles. The van der Waals surface area contributed by atoms with Crippen molar-refractivity contribution in [3.63, 3.8) is 0 Å². The van der Waals surface area contributed by atoms with E-state index in [2.05, 4.69) is 79.4 Å². The molecule has 0 bridgehead atoms. The third-order valence-electron chi connectivity index (χ3n) is 7.60. The van der Waals surface area contributed by atoms with Crippen molar-refractivity contribution in [3.05, 3.63) is 76.9 Å². The van der Waals surface area contributed by atoms with E-state index in [0.717, 1.165) is 23.0 Å². The van der Waals surface area contributed by atoms with Gasteiger partial charge in [0.15, 0.2) is 0 Å². The van der Waals surface area contributed by atoms with Gasteiger partial charge in [0, 0.05) is 11.1 Å². The highest BCUT2D eigenvalue weighted by atomic mass is 14.3. The van der Waals surface area contributed by atoms with Gasteiger partial charge in [0.1, 0.15) is 0 Å². The minimum Gasteiger partial charge on any atom is -0.0871 e. The first-order valence-corrected chi connectivity index (χ1v) is 14.1. The summed E-state index contributed by atoms with van der Waals surface area (Å²) < 4.78 is 0. The fraction of sp³-hybridized carbons (Fsp3) is 0.529. The zero-order valence-corrected chi connectivity index (χ0v) is 21.8. The van der Waals surface area contributed by atoms with Gasteiger partial charge in [-0.15, -0.1) is 0 Å². The van der Waals surface area contributed by atoms with Crippen LogP contribution in [0, 0.1) is 23.7 Å². The number of rotatable bonds is 12. The van der Waals surface area contributed by atoms with Crippen molar-refractivity contribution in [2.24, 2.45) is 11.8 Å². The minimum absolute atomic E-state index is 0.940. The molecule has 0 spiro atoms. The Kier molecular flexibility index (Phi) is 12.1. The summed E-state index contributed by atoms with van der Waals surface area (Å²) in [7, 11) is 0. The molecule has 0 aromatic heterocycles. The van der Waals surface area contributed by atoms with Gasteiger partial charge in [-0.1, -0.05) is 132 Å². The second kappa shape index (κ2) is 15.6. The third-order valence-corrected chi connectivity index (χ3v) is 7.60. The second-order valence-corrected chi connectivity index (χ2v) is 10.4. The normalized spacial score (nSPS) is 18.1. The van der Waals surface area contributed by atoms with Crippen LogP contribution in [0.5, 0.6) is 0 Å². The van der Waals surface area contributed by atoms with E-state index in [0.29, 0.717) is 0 Å². The summed E-state index contributed by atoms with van der Waals surface area (Å²) in [4.78, 5) is 0. The molecule has 2 aromatic rings. The van der Waals surface area contributed by atoms with Crippen molar-refractivity contribution < 1.29 is 0 Å². The Morgan fingerprint density at radius 1 is 0.676 bits per heavy atom. The molecule has 0 N–H and O–H groups in total. The van der Waals surface area contributed by atoms with E-state index >= 15 is 0 Å². The van der Waals surface area contributed by atoms with E-state index in [4.69, 9.17) is 0 Å². The molecular weight excluding hydrogens is 408 g/mol. The monoisotopic (exact) mass is 454 g/mol. The zero-order chi connectivity index (χ0) is 23.8. The van der Waals surface area contributed by atoms with E-state index in [-0.39, 0.29) is 0 Å². The lowest BCUT2D eigenvalue weighted by Gasteiger charge is -2.28. The number of aryl methyl sites for hydroxylation is 1. The highest BCUT2D eigenvalue weighted by Gasteiger charge is 2.20. The minimum atomic E-state index is 0.940. The first-order chi connectivity index (χ1) is 16.8. The second-order valence-electron chi connectivity index (χ2n) is 10.4. The number of hydrogen-bond donors (Lipinski definition) is 0. The van der Waals surface area contributed by atoms with Crippen LogP contribution in [0.1, 0.15) is 120 Å². The fourth-order valence-corrected chi connectivity index (χ4v) is 5.34. The fourth-order valence-electron chi connectivity index (χ4n) is 5.34. The lowest BCUT2D eigenvalue weighted by Crippen LogP contribution is -2.15. The summed E-state index contributed by atoms with van der Waals surface area (Å²) >= 11 is 0. The van der Waals surface area contributed by atoms with Gasteiger partial charge in [-0.3, -0.25) is 0 Å². The van der Waals surface area contributed by atoms with Crippen LogP contribution in [0.2, 0.25) is 0 Å². The van der Waals surface area contributed by atoms with Crippen LogP contribution in [0.4, 0.5) is 0 Å². The van der Waals surface area contributed by atoms with Gasteiger partial charge < -0.3 is 0 Å². The molecule has 1 aliphatic rings. The van der Waals surface area contributed by atoms with Gasteiger partial charge in [0.2, 0.25) is 0 Å². The number of benzene rings is 2. The Labute approximate surface area is 210 Å². The van der Waals surface area contributed by atoms with Crippen LogP contribution < -0.4 is 0 Å². The van der Waals surface area contributed by atoms with Crippen LogP contribution >= 0.6 is 0 Å². The summed E-state index contributed by atoms with van der Waals surface area (Å²) in [6.45, 7) is 4.34. The maximum atomic E-state index is 3.32. The molecule has 182 valence electrons. The standard InChI is InChI=1S/C34H46/c1-3-5-6-7-8-9-10-12-30-15-19-32(20-16-30)22-24-34-27-25-33(26-28-34)23-21-31-17-13-29(11-4-2)14-18-31/h4,11,13-14,17-18,25-28,30,32H,3,5-10,12,15-16,19-20,22,24H2,1-2H3/b11-4+. The summed E-state index contributed by atoms with van der Waals surface area (Å²) in [6, 6.07) is 17.4. The van der Waals surface area contributed by atoms with E-state index in [1.165, 1.54) is 101 Å². The molecule has 0 heterocycles. The molecule has 0 radical (unpaired) electrons. The molecule has 0 nitrogen and oxygen atoms in total. The summed E-state index contributed by atoms with van der Waals surface area (Å²) in [6.07, 6.45) is 24.2. The zero-order valence-electron chi connectivity index (χ0n) is 21.8. The number of allylic oxidation sites excluding steroid dienone is 1. The van der Waals surface area contributed by atoms with Gasteiger partial charge in [-0.2, -0.15) is 0 Å². The molecule has 0 aliphatic heterocycles. The van der Waals surface area contributed by atoms with Crippen molar-refractivity contribution >= 4 is 6.08 Å². The Balaban J connectivity index is 1.31. The molecule has 0 amide bonds. The van der Waals surface area contributed by atoms with Crippen LogP contribution in [0.25, 0.3) is 6.08 Å². The maximum absolute atomic E-state index is 3.32. The Morgan fingerprint density at radius 2 is 1.21 bits per heavy atom. The van der Waals surface area contributed by atoms with E-state index in [9.17, 15) is 0 Å². The van der Waals surface area contributed by atoms with E-state index in [1.54, 1.807) is 0 Å². The molecule has 0 heteroatoms. The summed E-state index contributed by atoms with van der Waals surface area (Å²) in [5.74, 6) is 8.57. The average molecular weight is 455 g/mol. The molecule has 1 aliphatic carbocycles. The highest BCUT2D eigenvalue weighted by Crippen LogP contribution is 2.34. The van der Waals surface area contributed by atoms with Gasteiger partial charge in [-0.05, 0) is 67.0 Å². The van der Waals surface area contributed by atoms with Crippen molar-refractivity contribution in [1.82, 2.24) is 0 Å². The Bertz CT molecular complexity index is 880. The van der Waals surface area contributed by atoms with Gasteiger partial charge >= 0.3 is 0 Å². The average Bonchev–Trinajstić information content (AvgIpc) is 2.88. The smallest absolute Gasteiger partial charge is 0.0249 e. The maximum Gasteiger partial charge on any atom is 0.0249 e. The van der Waals surface area contributed by atoms with Crippen LogP contribution in [-0.2, 0) is 6.42 Å². The van der Waals surface area contributed by atoms with Crippen molar-refractivity contribution in [2.75, 3.05) is 0 Å². The summed E-state index contributed by atoms with van der Waals surface area (Å²) in [5, 5.41) is 0. The molecule has 34 heavy (non-hydrogen) atoms. The van der Waals surface area contributed by atoms with Crippen molar-refractivity contribution in [1.29, 1.82) is 0 Å². The number of unbranched alkanes of at least 4 members (excludes halogenated alkanes) is 6. The van der Waals surface area contributed by atoms with Crippen LogP contribution in [0.3, 0.4) is 0 Å².